The lowest BCUT2D eigenvalue weighted by atomic mass is 10.2. The van der Waals surface area contributed by atoms with Gasteiger partial charge in [0.15, 0.2) is 5.82 Å². The fourth-order valence-corrected chi connectivity index (χ4v) is 2.04. The molecule has 2 aromatic heterocycles. The molecule has 2 heterocycles. The van der Waals surface area contributed by atoms with Crippen LogP contribution in [0.25, 0.3) is 0 Å². The molecule has 0 aliphatic carbocycles. The number of nitrogens with zero attached hydrogens (tertiary/aromatic N) is 3. The summed E-state index contributed by atoms with van der Waals surface area (Å²) in [5.41, 5.74) is 1.43. The number of ether oxygens (including phenoxy) is 1. The van der Waals surface area contributed by atoms with E-state index in [4.69, 9.17) is 4.74 Å². The number of aromatic nitrogens is 3. The standard InChI is InChI=1S/C17H15N3O2/c1-20-10-9-18-17(20)16(21)15-8-7-14(11-19-15)22-12-13-5-3-2-4-6-13/h2-11H,12H2,1H3. The van der Waals surface area contributed by atoms with Crippen LogP contribution in [0.3, 0.4) is 0 Å². The van der Waals surface area contributed by atoms with Gasteiger partial charge in [0.25, 0.3) is 0 Å². The average molecular weight is 293 g/mol. The summed E-state index contributed by atoms with van der Waals surface area (Å²) in [7, 11) is 1.78. The van der Waals surface area contributed by atoms with Crippen LogP contribution in [-0.4, -0.2) is 20.3 Å². The first-order valence-corrected chi connectivity index (χ1v) is 6.89. The van der Waals surface area contributed by atoms with Gasteiger partial charge in [0.2, 0.25) is 5.78 Å². The van der Waals surface area contributed by atoms with Crippen LogP contribution in [0.1, 0.15) is 21.9 Å². The van der Waals surface area contributed by atoms with Crippen LogP contribution in [0.5, 0.6) is 5.75 Å². The van der Waals surface area contributed by atoms with Gasteiger partial charge in [-0.1, -0.05) is 30.3 Å². The molecule has 0 N–H and O–H groups in total. The molecule has 0 spiro atoms. The van der Waals surface area contributed by atoms with E-state index >= 15 is 0 Å². The third-order valence-corrected chi connectivity index (χ3v) is 3.24. The summed E-state index contributed by atoms with van der Waals surface area (Å²) in [4.78, 5) is 20.4. The molecule has 3 rings (SSSR count). The van der Waals surface area contributed by atoms with Gasteiger partial charge in [-0.3, -0.25) is 4.79 Å². The number of hydrogen-bond acceptors (Lipinski definition) is 4. The Morgan fingerprint density at radius 2 is 1.95 bits per heavy atom. The van der Waals surface area contributed by atoms with E-state index in [-0.39, 0.29) is 5.78 Å². The summed E-state index contributed by atoms with van der Waals surface area (Å²) >= 11 is 0. The first kappa shape index (κ1) is 14.0. The molecule has 0 aliphatic heterocycles. The molecule has 5 nitrogen and oxygen atoms in total. The Labute approximate surface area is 128 Å². The summed E-state index contributed by atoms with van der Waals surface area (Å²) < 4.78 is 7.32. The van der Waals surface area contributed by atoms with E-state index in [9.17, 15) is 4.79 Å². The molecule has 0 radical (unpaired) electrons. The van der Waals surface area contributed by atoms with E-state index in [1.54, 1.807) is 42.3 Å². The molecule has 0 bridgehead atoms. The molecule has 0 atom stereocenters. The predicted molar refractivity (Wildman–Crippen MR) is 81.7 cm³/mol. The number of imidazole rings is 1. The number of aryl methyl sites for hydroxylation is 1. The molecular formula is C17H15N3O2. The van der Waals surface area contributed by atoms with Crippen molar-refractivity contribution < 1.29 is 9.53 Å². The van der Waals surface area contributed by atoms with Crippen molar-refractivity contribution in [2.24, 2.45) is 7.05 Å². The Hall–Kier alpha value is -2.95. The molecule has 3 aromatic rings. The van der Waals surface area contributed by atoms with Gasteiger partial charge in [0.05, 0.1) is 6.20 Å². The van der Waals surface area contributed by atoms with Crippen molar-refractivity contribution in [2.75, 3.05) is 0 Å². The lowest BCUT2D eigenvalue weighted by molar-refractivity contribution is 0.102. The number of pyridine rings is 1. The van der Waals surface area contributed by atoms with Gasteiger partial charge >= 0.3 is 0 Å². The zero-order valence-electron chi connectivity index (χ0n) is 12.1. The van der Waals surface area contributed by atoms with Gasteiger partial charge in [-0.05, 0) is 17.7 Å². The molecular weight excluding hydrogens is 278 g/mol. The SMILES string of the molecule is Cn1ccnc1C(=O)c1ccc(OCc2ccccc2)cn1. The smallest absolute Gasteiger partial charge is 0.246 e. The van der Waals surface area contributed by atoms with Crippen LogP contribution in [0, 0.1) is 0 Å². The second-order valence-electron chi connectivity index (χ2n) is 4.84. The fraction of sp³-hybridized carbons (Fsp3) is 0.118. The fourth-order valence-electron chi connectivity index (χ4n) is 2.04. The average Bonchev–Trinajstić information content (AvgIpc) is 3.00. The summed E-state index contributed by atoms with van der Waals surface area (Å²) in [5.74, 6) is 0.785. The van der Waals surface area contributed by atoms with Crippen molar-refractivity contribution in [3.05, 3.63) is 78.1 Å². The minimum absolute atomic E-state index is 0.206. The number of hydrogen-bond donors (Lipinski definition) is 0. The van der Waals surface area contributed by atoms with Crippen molar-refractivity contribution in [3.8, 4) is 5.75 Å². The quantitative estimate of drug-likeness (QED) is 0.679. The molecule has 0 amide bonds. The van der Waals surface area contributed by atoms with Gasteiger partial charge in [-0.2, -0.15) is 0 Å². The Bertz CT molecular complexity index is 764. The summed E-state index contributed by atoms with van der Waals surface area (Å²) in [6.45, 7) is 0.467. The van der Waals surface area contributed by atoms with Crippen LogP contribution >= 0.6 is 0 Å². The van der Waals surface area contributed by atoms with Gasteiger partial charge in [0.1, 0.15) is 18.1 Å². The first-order valence-electron chi connectivity index (χ1n) is 6.89. The highest BCUT2D eigenvalue weighted by atomic mass is 16.5. The number of ketones is 1. The molecule has 0 aliphatic rings. The molecule has 0 fully saturated rings. The summed E-state index contributed by atoms with van der Waals surface area (Å²) in [6, 6.07) is 13.3. The monoisotopic (exact) mass is 293 g/mol. The van der Waals surface area contributed by atoms with Crippen LogP contribution in [0.15, 0.2) is 61.1 Å². The zero-order valence-corrected chi connectivity index (χ0v) is 12.1. The highest BCUT2D eigenvalue weighted by Gasteiger charge is 2.14. The minimum Gasteiger partial charge on any atom is -0.487 e. The molecule has 22 heavy (non-hydrogen) atoms. The van der Waals surface area contributed by atoms with Gasteiger partial charge in [0, 0.05) is 19.4 Å². The van der Waals surface area contributed by atoms with E-state index in [1.165, 1.54) is 0 Å². The van der Waals surface area contributed by atoms with Crippen molar-refractivity contribution >= 4 is 5.78 Å². The van der Waals surface area contributed by atoms with Crippen LogP contribution in [0.4, 0.5) is 0 Å². The lowest BCUT2D eigenvalue weighted by Gasteiger charge is -2.06. The Balaban J connectivity index is 1.68. The highest BCUT2D eigenvalue weighted by Crippen LogP contribution is 2.13. The van der Waals surface area contributed by atoms with Crippen LogP contribution in [-0.2, 0) is 13.7 Å². The minimum atomic E-state index is -0.206. The third-order valence-electron chi connectivity index (χ3n) is 3.24. The highest BCUT2D eigenvalue weighted by molar-refractivity contribution is 6.05. The maximum absolute atomic E-state index is 12.2. The first-order chi connectivity index (χ1) is 10.7. The largest absolute Gasteiger partial charge is 0.487 e. The van der Waals surface area contributed by atoms with Crippen molar-refractivity contribution in [3.63, 3.8) is 0 Å². The van der Waals surface area contributed by atoms with Crippen LogP contribution < -0.4 is 4.74 Å². The lowest BCUT2D eigenvalue weighted by Crippen LogP contribution is -2.10. The normalized spacial score (nSPS) is 10.4. The number of benzene rings is 1. The van der Waals surface area contributed by atoms with E-state index in [0.717, 1.165) is 5.56 Å². The molecule has 1 aromatic carbocycles. The van der Waals surface area contributed by atoms with Crippen molar-refractivity contribution in [1.82, 2.24) is 14.5 Å². The zero-order chi connectivity index (χ0) is 15.4. The van der Waals surface area contributed by atoms with Gasteiger partial charge in [-0.25, -0.2) is 9.97 Å². The Morgan fingerprint density at radius 3 is 2.59 bits per heavy atom. The van der Waals surface area contributed by atoms with Crippen LogP contribution in [0.2, 0.25) is 0 Å². The predicted octanol–water partition coefficient (Wildman–Crippen LogP) is 2.63. The number of carbonyl (C=O) groups excluding carboxylic acids is 1. The van der Waals surface area contributed by atoms with E-state index in [1.807, 2.05) is 30.3 Å². The molecule has 110 valence electrons. The van der Waals surface area contributed by atoms with Gasteiger partial charge < -0.3 is 9.30 Å². The second kappa shape index (κ2) is 6.22. The molecule has 0 saturated carbocycles. The molecule has 0 saturated heterocycles. The summed E-state index contributed by atoms with van der Waals surface area (Å²) in [6.07, 6.45) is 4.87. The van der Waals surface area contributed by atoms with Gasteiger partial charge in [-0.15, -0.1) is 0 Å². The van der Waals surface area contributed by atoms with Crippen molar-refractivity contribution in [2.45, 2.75) is 6.61 Å². The third kappa shape index (κ3) is 3.03. The van der Waals surface area contributed by atoms with E-state index < -0.39 is 0 Å². The van der Waals surface area contributed by atoms with Crippen molar-refractivity contribution in [1.29, 1.82) is 0 Å². The number of carbonyl (C=O) groups is 1. The summed E-state index contributed by atoms with van der Waals surface area (Å²) in [5, 5.41) is 0. The van der Waals surface area contributed by atoms with E-state index in [2.05, 4.69) is 9.97 Å². The molecule has 5 heteroatoms. The maximum Gasteiger partial charge on any atom is 0.246 e. The topological polar surface area (TPSA) is 57.0 Å². The second-order valence-corrected chi connectivity index (χ2v) is 4.84. The van der Waals surface area contributed by atoms with E-state index in [0.29, 0.717) is 23.9 Å². The number of rotatable bonds is 5. The molecule has 0 unspecified atom stereocenters. The maximum atomic E-state index is 12.2. The Morgan fingerprint density at radius 1 is 1.14 bits per heavy atom. The Kier molecular flexibility index (Phi) is 3.96.